The predicted molar refractivity (Wildman–Crippen MR) is 58.0 cm³/mol. The third-order valence-corrected chi connectivity index (χ3v) is 3.46. The second kappa shape index (κ2) is 3.30. The number of nitrogens with one attached hydrogen (secondary N) is 1. The van der Waals surface area contributed by atoms with Gasteiger partial charge >= 0.3 is 0 Å². The number of H-pyrrole nitrogens is 1. The minimum Gasteiger partial charge on any atom is -0.386 e. The van der Waals surface area contributed by atoms with Crippen molar-refractivity contribution in [3.8, 4) is 0 Å². The van der Waals surface area contributed by atoms with Gasteiger partial charge in [0.1, 0.15) is 11.2 Å². The van der Waals surface area contributed by atoms with Crippen LogP contribution in [-0.4, -0.2) is 55.5 Å². The lowest BCUT2D eigenvalue weighted by Gasteiger charge is -2.47. The van der Waals surface area contributed by atoms with Crippen molar-refractivity contribution in [2.75, 3.05) is 13.1 Å². The van der Waals surface area contributed by atoms with Crippen molar-refractivity contribution < 1.29 is 15.0 Å². The number of aromatic amines is 1. The highest BCUT2D eigenvalue weighted by molar-refractivity contribution is 5.88. The van der Waals surface area contributed by atoms with E-state index in [-0.39, 0.29) is 19.0 Å². The summed E-state index contributed by atoms with van der Waals surface area (Å²) in [5.41, 5.74) is -1.16. The number of hydrogen-bond acceptors (Lipinski definition) is 4. The first-order chi connectivity index (χ1) is 8.01. The summed E-state index contributed by atoms with van der Waals surface area (Å²) in [6.45, 7) is 0.570. The molecule has 2 aliphatic rings. The van der Waals surface area contributed by atoms with Crippen LogP contribution in [0.2, 0.25) is 0 Å². The number of aliphatic hydroxyl groups is 2. The predicted octanol–water partition coefficient (Wildman–Crippen LogP) is -0.950. The molecular formula is C11H15N3O3. The highest BCUT2D eigenvalue weighted by atomic mass is 16.3. The second-order valence-corrected chi connectivity index (χ2v) is 5.18. The SMILES string of the molecule is O=C(N1CC(O)(Cc2ccn[nH]2)C1)C1(O)CC1. The molecule has 1 aliphatic carbocycles. The molecule has 17 heavy (non-hydrogen) atoms. The van der Waals surface area contributed by atoms with Crippen LogP contribution in [0.25, 0.3) is 0 Å². The third kappa shape index (κ3) is 1.83. The topological polar surface area (TPSA) is 89.5 Å². The molecule has 6 heteroatoms. The van der Waals surface area contributed by atoms with Gasteiger partial charge in [-0.3, -0.25) is 9.89 Å². The number of β-amino-alcohol motifs (C(OH)–C–C–N with tert-alkyl or cyclic N) is 1. The van der Waals surface area contributed by atoms with Crippen molar-refractivity contribution in [2.45, 2.75) is 30.5 Å². The lowest BCUT2D eigenvalue weighted by atomic mass is 9.88. The molecule has 0 unspecified atom stereocenters. The number of carbonyl (C=O) groups is 1. The van der Waals surface area contributed by atoms with E-state index >= 15 is 0 Å². The van der Waals surface area contributed by atoms with Crippen molar-refractivity contribution in [3.05, 3.63) is 18.0 Å². The van der Waals surface area contributed by atoms with Gasteiger partial charge < -0.3 is 15.1 Å². The van der Waals surface area contributed by atoms with E-state index in [4.69, 9.17) is 0 Å². The summed E-state index contributed by atoms with van der Waals surface area (Å²) in [4.78, 5) is 13.3. The van der Waals surface area contributed by atoms with Crippen LogP contribution in [0.4, 0.5) is 0 Å². The van der Waals surface area contributed by atoms with Crippen molar-refractivity contribution in [1.82, 2.24) is 15.1 Å². The summed E-state index contributed by atoms with van der Waals surface area (Å²) in [7, 11) is 0. The molecule has 0 radical (unpaired) electrons. The molecule has 0 atom stereocenters. The summed E-state index contributed by atoms with van der Waals surface area (Å²) < 4.78 is 0. The van der Waals surface area contributed by atoms with E-state index in [1.807, 2.05) is 0 Å². The normalized spacial score (nSPS) is 24.2. The molecule has 0 spiro atoms. The zero-order chi connectivity index (χ0) is 12.1. The largest absolute Gasteiger partial charge is 0.386 e. The summed E-state index contributed by atoms with van der Waals surface area (Å²) in [5.74, 6) is -0.244. The van der Waals surface area contributed by atoms with Gasteiger partial charge in [0.15, 0.2) is 0 Å². The zero-order valence-corrected chi connectivity index (χ0v) is 9.39. The van der Waals surface area contributed by atoms with Crippen LogP contribution in [0.15, 0.2) is 12.3 Å². The number of carbonyl (C=O) groups excluding carboxylic acids is 1. The molecule has 1 saturated carbocycles. The van der Waals surface area contributed by atoms with Crippen molar-refractivity contribution >= 4 is 5.91 Å². The van der Waals surface area contributed by atoms with E-state index in [9.17, 15) is 15.0 Å². The first-order valence-electron chi connectivity index (χ1n) is 5.73. The minimum absolute atomic E-state index is 0.244. The molecule has 3 N–H and O–H groups in total. The van der Waals surface area contributed by atoms with E-state index in [1.165, 1.54) is 4.90 Å². The molecule has 1 aromatic rings. The van der Waals surface area contributed by atoms with Crippen LogP contribution in [0.3, 0.4) is 0 Å². The first-order valence-corrected chi connectivity index (χ1v) is 5.73. The standard InChI is InChI=1S/C11H15N3O3/c15-9(11(17)2-3-11)14-6-10(16,7-14)5-8-1-4-12-13-8/h1,4,16-17H,2-3,5-7H2,(H,12,13). The Hall–Kier alpha value is -1.40. The zero-order valence-electron chi connectivity index (χ0n) is 9.39. The van der Waals surface area contributed by atoms with Crippen molar-refractivity contribution in [3.63, 3.8) is 0 Å². The fourth-order valence-corrected chi connectivity index (χ4v) is 2.28. The van der Waals surface area contributed by atoms with E-state index < -0.39 is 11.2 Å². The molecule has 2 fully saturated rings. The number of aromatic nitrogens is 2. The Morgan fingerprint density at radius 1 is 1.47 bits per heavy atom. The van der Waals surface area contributed by atoms with E-state index in [1.54, 1.807) is 12.3 Å². The minimum atomic E-state index is -1.13. The van der Waals surface area contributed by atoms with Gasteiger partial charge in [-0.05, 0) is 18.9 Å². The van der Waals surface area contributed by atoms with Crippen molar-refractivity contribution in [2.24, 2.45) is 0 Å². The van der Waals surface area contributed by atoms with Gasteiger partial charge in [0.2, 0.25) is 0 Å². The summed E-state index contributed by atoms with van der Waals surface area (Å²) in [6, 6.07) is 1.80. The monoisotopic (exact) mass is 237 g/mol. The fraction of sp³-hybridized carbons (Fsp3) is 0.636. The van der Waals surface area contributed by atoms with Crippen LogP contribution in [0.5, 0.6) is 0 Å². The molecule has 92 valence electrons. The van der Waals surface area contributed by atoms with Crippen LogP contribution in [0, 0.1) is 0 Å². The Balaban J connectivity index is 1.58. The highest BCUT2D eigenvalue weighted by Crippen LogP contribution is 2.39. The quantitative estimate of drug-likeness (QED) is 0.632. The molecule has 1 amide bonds. The molecule has 3 rings (SSSR count). The van der Waals surface area contributed by atoms with Gasteiger partial charge in [0.05, 0.1) is 13.1 Å². The smallest absolute Gasteiger partial charge is 0.254 e. The Morgan fingerprint density at radius 2 is 2.18 bits per heavy atom. The molecule has 6 nitrogen and oxygen atoms in total. The van der Waals surface area contributed by atoms with Crippen LogP contribution >= 0.6 is 0 Å². The number of hydrogen-bond donors (Lipinski definition) is 3. The average Bonchev–Trinajstić information content (AvgIpc) is 2.79. The highest BCUT2D eigenvalue weighted by Gasteiger charge is 2.55. The lowest BCUT2D eigenvalue weighted by Crippen LogP contribution is -2.66. The van der Waals surface area contributed by atoms with Crippen LogP contribution in [-0.2, 0) is 11.2 Å². The number of rotatable bonds is 3. The van der Waals surface area contributed by atoms with Gasteiger partial charge in [-0.15, -0.1) is 0 Å². The Bertz CT molecular complexity index is 433. The summed E-state index contributed by atoms with van der Waals surface area (Å²) in [5, 5.41) is 26.4. The maximum absolute atomic E-state index is 11.7. The van der Waals surface area contributed by atoms with Gasteiger partial charge in [-0.1, -0.05) is 0 Å². The van der Waals surface area contributed by atoms with E-state index in [0.717, 1.165) is 5.69 Å². The molecule has 1 aromatic heterocycles. The fourth-order valence-electron chi connectivity index (χ4n) is 2.28. The van der Waals surface area contributed by atoms with Gasteiger partial charge in [-0.25, -0.2) is 0 Å². The second-order valence-electron chi connectivity index (χ2n) is 5.18. The molecular weight excluding hydrogens is 222 g/mol. The van der Waals surface area contributed by atoms with Crippen molar-refractivity contribution in [1.29, 1.82) is 0 Å². The van der Waals surface area contributed by atoms with Gasteiger partial charge in [0, 0.05) is 18.3 Å². The van der Waals surface area contributed by atoms with E-state index in [0.29, 0.717) is 19.3 Å². The van der Waals surface area contributed by atoms with Crippen LogP contribution in [0.1, 0.15) is 18.5 Å². The molecule has 1 saturated heterocycles. The number of amides is 1. The van der Waals surface area contributed by atoms with E-state index in [2.05, 4.69) is 10.2 Å². The third-order valence-electron chi connectivity index (χ3n) is 3.46. The lowest BCUT2D eigenvalue weighted by molar-refractivity contribution is -0.165. The molecule has 2 heterocycles. The Labute approximate surface area is 98.2 Å². The Kier molecular flexibility index (Phi) is 2.08. The molecule has 1 aliphatic heterocycles. The first kappa shape index (κ1) is 10.7. The number of likely N-dealkylation sites (tertiary alicyclic amines) is 1. The summed E-state index contributed by atoms with van der Waals surface area (Å²) >= 11 is 0. The maximum atomic E-state index is 11.7. The molecule has 0 bridgehead atoms. The average molecular weight is 237 g/mol. The maximum Gasteiger partial charge on any atom is 0.254 e. The number of nitrogens with zero attached hydrogens (tertiary/aromatic N) is 2. The van der Waals surface area contributed by atoms with Gasteiger partial charge in [0.25, 0.3) is 5.91 Å². The molecule has 0 aromatic carbocycles. The van der Waals surface area contributed by atoms with Gasteiger partial charge in [-0.2, -0.15) is 5.10 Å². The Morgan fingerprint density at radius 3 is 2.71 bits per heavy atom. The van der Waals surface area contributed by atoms with Crippen LogP contribution < -0.4 is 0 Å². The summed E-state index contributed by atoms with van der Waals surface area (Å²) in [6.07, 6.45) is 3.17.